The van der Waals surface area contributed by atoms with Gasteiger partial charge in [0.15, 0.2) is 5.69 Å². The minimum Gasteiger partial charge on any atom is -0.361 e. The molecule has 0 saturated carbocycles. The highest BCUT2D eigenvalue weighted by molar-refractivity contribution is 6.03. The van der Waals surface area contributed by atoms with Crippen LogP contribution in [0.25, 0.3) is 0 Å². The van der Waals surface area contributed by atoms with Crippen molar-refractivity contribution >= 4 is 17.5 Å². The number of rotatable bonds is 3. The normalized spacial score (nSPS) is 14.6. The van der Waals surface area contributed by atoms with Gasteiger partial charge >= 0.3 is 0 Å². The van der Waals surface area contributed by atoms with Gasteiger partial charge < -0.3 is 14.7 Å². The van der Waals surface area contributed by atoms with E-state index in [9.17, 15) is 9.59 Å². The van der Waals surface area contributed by atoms with E-state index in [2.05, 4.69) is 10.5 Å². The highest BCUT2D eigenvalue weighted by Gasteiger charge is 2.18. The summed E-state index contributed by atoms with van der Waals surface area (Å²) in [5, 5.41) is 6.40. The number of anilines is 1. The number of benzene rings is 1. The molecule has 2 aromatic rings. The topological polar surface area (TPSA) is 75.4 Å². The summed E-state index contributed by atoms with van der Waals surface area (Å²) in [6.45, 7) is 3.37. The molecule has 3 rings (SSSR count). The Morgan fingerprint density at radius 3 is 2.43 bits per heavy atom. The maximum atomic E-state index is 12.4. The number of nitrogens with one attached hydrogen (secondary N) is 1. The number of piperidine rings is 1. The van der Waals surface area contributed by atoms with Crippen LogP contribution in [-0.2, 0) is 0 Å². The van der Waals surface area contributed by atoms with Crippen LogP contribution in [0.4, 0.5) is 5.69 Å². The summed E-state index contributed by atoms with van der Waals surface area (Å²) in [5.74, 6) is 0.296. The first-order chi connectivity index (χ1) is 11.1. The Labute approximate surface area is 134 Å². The van der Waals surface area contributed by atoms with Gasteiger partial charge in [0, 0.05) is 30.4 Å². The van der Waals surface area contributed by atoms with Gasteiger partial charge in [-0.15, -0.1) is 0 Å². The predicted octanol–water partition coefficient (Wildman–Crippen LogP) is 2.86. The average molecular weight is 313 g/mol. The van der Waals surface area contributed by atoms with Crippen LogP contribution in [0.5, 0.6) is 0 Å². The average Bonchev–Trinajstić information content (AvgIpc) is 3.02. The molecule has 0 unspecified atom stereocenters. The number of nitrogens with zero attached hydrogens (tertiary/aromatic N) is 2. The molecule has 0 atom stereocenters. The van der Waals surface area contributed by atoms with Gasteiger partial charge in [0.25, 0.3) is 11.8 Å². The zero-order valence-electron chi connectivity index (χ0n) is 13.0. The summed E-state index contributed by atoms with van der Waals surface area (Å²) in [6, 6.07) is 8.49. The van der Waals surface area contributed by atoms with E-state index in [1.165, 1.54) is 6.42 Å². The van der Waals surface area contributed by atoms with Crippen molar-refractivity contribution in [3.63, 3.8) is 0 Å². The fourth-order valence-electron chi connectivity index (χ4n) is 2.64. The second kappa shape index (κ2) is 6.64. The van der Waals surface area contributed by atoms with Crippen molar-refractivity contribution in [1.29, 1.82) is 0 Å². The second-order valence-corrected chi connectivity index (χ2v) is 5.71. The van der Waals surface area contributed by atoms with Gasteiger partial charge in [0.2, 0.25) is 0 Å². The first kappa shape index (κ1) is 15.3. The van der Waals surface area contributed by atoms with Crippen molar-refractivity contribution in [3.8, 4) is 0 Å². The molecule has 1 aromatic carbocycles. The van der Waals surface area contributed by atoms with Crippen LogP contribution in [-0.4, -0.2) is 35.0 Å². The molecule has 1 aromatic heterocycles. The van der Waals surface area contributed by atoms with Gasteiger partial charge in [-0.05, 0) is 50.5 Å². The Morgan fingerprint density at radius 1 is 1.13 bits per heavy atom. The van der Waals surface area contributed by atoms with Crippen LogP contribution in [0.3, 0.4) is 0 Å². The monoisotopic (exact) mass is 313 g/mol. The van der Waals surface area contributed by atoms with Gasteiger partial charge in [0.05, 0.1) is 0 Å². The molecule has 6 heteroatoms. The lowest BCUT2D eigenvalue weighted by molar-refractivity contribution is 0.0724. The summed E-state index contributed by atoms with van der Waals surface area (Å²) in [5.41, 5.74) is 1.49. The third kappa shape index (κ3) is 3.59. The van der Waals surface area contributed by atoms with Crippen molar-refractivity contribution in [2.45, 2.75) is 26.2 Å². The largest absolute Gasteiger partial charge is 0.361 e. The minimum atomic E-state index is -0.336. The molecule has 2 heterocycles. The Hall–Kier alpha value is -2.63. The van der Waals surface area contributed by atoms with Crippen molar-refractivity contribution in [1.82, 2.24) is 10.1 Å². The summed E-state index contributed by atoms with van der Waals surface area (Å²) >= 11 is 0. The number of carbonyl (C=O) groups excluding carboxylic acids is 2. The Morgan fingerprint density at radius 2 is 1.83 bits per heavy atom. The van der Waals surface area contributed by atoms with Gasteiger partial charge in [-0.3, -0.25) is 9.59 Å². The van der Waals surface area contributed by atoms with Gasteiger partial charge in [-0.25, -0.2) is 0 Å². The first-order valence-corrected chi connectivity index (χ1v) is 7.77. The predicted molar refractivity (Wildman–Crippen MR) is 85.4 cm³/mol. The van der Waals surface area contributed by atoms with E-state index >= 15 is 0 Å². The minimum absolute atomic E-state index is 0.0507. The van der Waals surface area contributed by atoms with Crippen molar-refractivity contribution in [2.75, 3.05) is 18.4 Å². The van der Waals surface area contributed by atoms with E-state index in [0.717, 1.165) is 25.9 Å². The van der Waals surface area contributed by atoms with Gasteiger partial charge in [-0.2, -0.15) is 0 Å². The third-order valence-corrected chi connectivity index (χ3v) is 3.89. The van der Waals surface area contributed by atoms with E-state index in [4.69, 9.17) is 4.52 Å². The van der Waals surface area contributed by atoms with Crippen LogP contribution in [0, 0.1) is 6.92 Å². The number of aromatic nitrogens is 1. The Kier molecular flexibility index (Phi) is 4.41. The van der Waals surface area contributed by atoms with E-state index in [1.54, 1.807) is 37.3 Å². The standard InChI is InChI=1S/C17H19N3O3/c1-12-11-15(19-23-12)16(21)18-14-7-5-13(6-8-14)17(22)20-9-3-2-4-10-20/h5-8,11H,2-4,9-10H2,1H3,(H,18,21). The lowest BCUT2D eigenvalue weighted by Crippen LogP contribution is -2.35. The molecule has 0 bridgehead atoms. The molecule has 0 radical (unpaired) electrons. The number of hydrogen-bond donors (Lipinski definition) is 1. The van der Waals surface area contributed by atoms with E-state index < -0.39 is 0 Å². The molecule has 0 aliphatic carbocycles. The molecule has 1 aliphatic heterocycles. The fourth-order valence-corrected chi connectivity index (χ4v) is 2.64. The van der Waals surface area contributed by atoms with E-state index in [1.807, 2.05) is 4.90 Å². The summed E-state index contributed by atoms with van der Waals surface area (Å²) in [4.78, 5) is 26.2. The number of amides is 2. The summed E-state index contributed by atoms with van der Waals surface area (Å²) < 4.78 is 4.88. The highest BCUT2D eigenvalue weighted by Crippen LogP contribution is 2.16. The number of carbonyl (C=O) groups is 2. The van der Waals surface area contributed by atoms with Crippen molar-refractivity contribution < 1.29 is 14.1 Å². The molecular weight excluding hydrogens is 294 g/mol. The second-order valence-electron chi connectivity index (χ2n) is 5.71. The fraction of sp³-hybridized carbons (Fsp3) is 0.353. The summed E-state index contributed by atoms with van der Waals surface area (Å²) in [7, 11) is 0. The Bertz CT molecular complexity index is 700. The zero-order chi connectivity index (χ0) is 16.2. The molecule has 1 fully saturated rings. The Balaban J connectivity index is 1.64. The van der Waals surface area contributed by atoms with Crippen LogP contribution in [0.15, 0.2) is 34.9 Å². The molecule has 1 aliphatic rings. The van der Waals surface area contributed by atoms with Crippen LogP contribution in [0.2, 0.25) is 0 Å². The van der Waals surface area contributed by atoms with Crippen LogP contribution >= 0.6 is 0 Å². The molecule has 2 amide bonds. The van der Waals surface area contributed by atoms with Gasteiger partial charge in [0.1, 0.15) is 5.76 Å². The van der Waals surface area contributed by atoms with Crippen LogP contribution in [0.1, 0.15) is 45.9 Å². The summed E-state index contributed by atoms with van der Waals surface area (Å²) in [6.07, 6.45) is 3.32. The smallest absolute Gasteiger partial charge is 0.277 e. The van der Waals surface area contributed by atoms with Crippen molar-refractivity contribution in [2.24, 2.45) is 0 Å². The molecule has 6 nitrogen and oxygen atoms in total. The van der Waals surface area contributed by atoms with Crippen LogP contribution < -0.4 is 5.32 Å². The molecule has 1 saturated heterocycles. The highest BCUT2D eigenvalue weighted by atomic mass is 16.5. The molecule has 0 spiro atoms. The molecule has 120 valence electrons. The molecular formula is C17H19N3O3. The lowest BCUT2D eigenvalue weighted by Gasteiger charge is -2.26. The maximum absolute atomic E-state index is 12.4. The quantitative estimate of drug-likeness (QED) is 0.945. The number of hydrogen-bond acceptors (Lipinski definition) is 4. The first-order valence-electron chi connectivity index (χ1n) is 7.77. The number of aryl methyl sites for hydroxylation is 1. The zero-order valence-corrected chi connectivity index (χ0v) is 13.0. The SMILES string of the molecule is Cc1cc(C(=O)Nc2ccc(C(=O)N3CCCCC3)cc2)no1. The maximum Gasteiger partial charge on any atom is 0.277 e. The lowest BCUT2D eigenvalue weighted by atomic mass is 10.1. The van der Waals surface area contributed by atoms with E-state index in [-0.39, 0.29) is 17.5 Å². The third-order valence-electron chi connectivity index (χ3n) is 3.89. The van der Waals surface area contributed by atoms with Crippen molar-refractivity contribution in [3.05, 3.63) is 47.3 Å². The van der Waals surface area contributed by atoms with Gasteiger partial charge in [-0.1, -0.05) is 5.16 Å². The molecule has 1 N–H and O–H groups in total. The van der Waals surface area contributed by atoms with E-state index in [0.29, 0.717) is 17.0 Å². The molecule has 23 heavy (non-hydrogen) atoms. The number of likely N-dealkylation sites (tertiary alicyclic amines) is 1.